The van der Waals surface area contributed by atoms with E-state index in [1.165, 1.54) is 24.3 Å². The molecule has 1 aromatic carbocycles. The Balaban J connectivity index is 2.12. The van der Waals surface area contributed by atoms with E-state index in [9.17, 15) is 13.2 Å². The third-order valence-electron chi connectivity index (χ3n) is 3.06. The van der Waals surface area contributed by atoms with Gasteiger partial charge in [0, 0.05) is 16.3 Å². The normalized spacial score (nSPS) is 11.5. The molecule has 7 heteroatoms. The number of sulfonamides is 1. The van der Waals surface area contributed by atoms with Crippen molar-refractivity contribution in [2.75, 3.05) is 0 Å². The lowest BCUT2D eigenvalue weighted by Gasteiger charge is -2.06. The zero-order valence-electron chi connectivity index (χ0n) is 11.6. The average Bonchev–Trinajstić information content (AvgIpc) is 2.76. The number of hydrogen-bond acceptors (Lipinski definition) is 4. The molecule has 0 spiro atoms. The lowest BCUT2D eigenvalue weighted by molar-refractivity contribution is 0.0696. The van der Waals surface area contributed by atoms with Gasteiger partial charge in [-0.2, -0.15) is 0 Å². The van der Waals surface area contributed by atoms with Crippen molar-refractivity contribution < 1.29 is 18.3 Å². The van der Waals surface area contributed by atoms with Gasteiger partial charge < -0.3 is 5.11 Å². The second kappa shape index (κ2) is 5.97. The SMILES string of the molecule is Cc1cc(CNS(=O)(=O)c2ccc(C(=O)O)cc2)sc1C. The summed E-state index contributed by atoms with van der Waals surface area (Å²) in [5.74, 6) is -1.09. The van der Waals surface area contributed by atoms with Crippen molar-refractivity contribution in [3.8, 4) is 0 Å². The number of aryl methyl sites for hydroxylation is 2. The van der Waals surface area contributed by atoms with E-state index in [1.54, 1.807) is 11.3 Å². The largest absolute Gasteiger partial charge is 0.478 e. The Bertz CT molecular complexity index is 741. The molecule has 0 aliphatic carbocycles. The summed E-state index contributed by atoms with van der Waals surface area (Å²) < 4.78 is 26.8. The minimum absolute atomic E-state index is 0.0532. The van der Waals surface area contributed by atoms with E-state index < -0.39 is 16.0 Å². The van der Waals surface area contributed by atoms with E-state index in [2.05, 4.69) is 4.72 Å². The number of thiophene rings is 1. The monoisotopic (exact) mass is 325 g/mol. The maximum atomic E-state index is 12.1. The molecule has 2 rings (SSSR count). The van der Waals surface area contributed by atoms with Crippen LogP contribution in [0.25, 0.3) is 0 Å². The van der Waals surface area contributed by atoms with Gasteiger partial charge in [0.25, 0.3) is 0 Å². The van der Waals surface area contributed by atoms with Gasteiger partial charge in [-0.15, -0.1) is 11.3 Å². The Kier molecular flexibility index (Phi) is 4.46. The predicted octanol–water partition coefficient (Wildman–Crippen LogP) is 2.54. The van der Waals surface area contributed by atoms with Crippen LogP contribution in [0.15, 0.2) is 35.2 Å². The first kappa shape index (κ1) is 15.7. The van der Waals surface area contributed by atoms with Crippen LogP contribution in [0.5, 0.6) is 0 Å². The summed E-state index contributed by atoms with van der Waals surface area (Å²) in [6.07, 6.45) is 0. The number of carbonyl (C=O) groups is 1. The number of hydrogen-bond donors (Lipinski definition) is 2. The first-order valence-electron chi connectivity index (χ1n) is 6.18. The number of nitrogens with one attached hydrogen (secondary N) is 1. The third-order valence-corrected chi connectivity index (χ3v) is 5.63. The quantitative estimate of drug-likeness (QED) is 0.885. The van der Waals surface area contributed by atoms with Gasteiger partial charge in [-0.25, -0.2) is 17.9 Å². The smallest absolute Gasteiger partial charge is 0.335 e. The van der Waals surface area contributed by atoms with Gasteiger partial charge in [0.15, 0.2) is 0 Å². The maximum absolute atomic E-state index is 12.1. The minimum Gasteiger partial charge on any atom is -0.478 e. The molecule has 5 nitrogen and oxygen atoms in total. The van der Waals surface area contributed by atoms with E-state index in [-0.39, 0.29) is 17.0 Å². The molecule has 1 aromatic heterocycles. The molecule has 21 heavy (non-hydrogen) atoms. The van der Waals surface area contributed by atoms with Crippen LogP contribution in [0.1, 0.15) is 25.7 Å². The van der Waals surface area contributed by atoms with Crippen molar-refractivity contribution in [1.29, 1.82) is 0 Å². The predicted molar refractivity (Wildman–Crippen MR) is 81.2 cm³/mol. The zero-order chi connectivity index (χ0) is 15.6. The molecule has 0 radical (unpaired) electrons. The molecule has 0 bridgehead atoms. The molecule has 2 N–H and O–H groups in total. The molecule has 2 aromatic rings. The molecule has 0 saturated carbocycles. The van der Waals surface area contributed by atoms with Crippen LogP contribution in [0.2, 0.25) is 0 Å². The molecular weight excluding hydrogens is 310 g/mol. The van der Waals surface area contributed by atoms with Gasteiger partial charge in [-0.1, -0.05) is 0 Å². The summed E-state index contributed by atoms with van der Waals surface area (Å²) in [5, 5.41) is 8.80. The number of benzene rings is 1. The lowest BCUT2D eigenvalue weighted by atomic mass is 10.2. The number of carboxylic acids is 1. The van der Waals surface area contributed by atoms with Gasteiger partial charge in [0.1, 0.15) is 0 Å². The van der Waals surface area contributed by atoms with Crippen LogP contribution in [-0.4, -0.2) is 19.5 Å². The standard InChI is InChI=1S/C14H15NO4S2/c1-9-7-12(20-10(9)2)8-15-21(18,19)13-5-3-11(4-6-13)14(16)17/h3-7,15H,8H2,1-2H3,(H,16,17). The summed E-state index contributed by atoms with van der Waals surface area (Å²) in [7, 11) is -3.64. The molecular formula is C14H15NO4S2. The first-order chi connectivity index (χ1) is 9.79. The van der Waals surface area contributed by atoms with Crippen molar-refractivity contribution in [3.63, 3.8) is 0 Å². The summed E-state index contributed by atoms with van der Waals surface area (Å²) in [6, 6.07) is 7.08. The summed E-state index contributed by atoms with van der Waals surface area (Å²) in [5.41, 5.74) is 1.19. The lowest BCUT2D eigenvalue weighted by Crippen LogP contribution is -2.22. The van der Waals surface area contributed by atoms with Crippen molar-refractivity contribution in [3.05, 3.63) is 51.2 Å². The van der Waals surface area contributed by atoms with Gasteiger partial charge in [-0.05, 0) is 49.7 Å². The van der Waals surface area contributed by atoms with Gasteiger partial charge in [0.05, 0.1) is 10.5 Å². The fraction of sp³-hybridized carbons (Fsp3) is 0.214. The van der Waals surface area contributed by atoms with E-state index in [4.69, 9.17) is 5.11 Å². The summed E-state index contributed by atoms with van der Waals surface area (Å²) in [4.78, 5) is 12.9. The van der Waals surface area contributed by atoms with Gasteiger partial charge in [0.2, 0.25) is 10.0 Å². The summed E-state index contributed by atoms with van der Waals surface area (Å²) >= 11 is 1.55. The molecule has 1 heterocycles. The first-order valence-corrected chi connectivity index (χ1v) is 8.48. The van der Waals surface area contributed by atoms with Crippen LogP contribution in [0.3, 0.4) is 0 Å². The van der Waals surface area contributed by atoms with Gasteiger partial charge >= 0.3 is 5.97 Å². The second-order valence-electron chi connectivity index (χ2n) is 4.61. The molecule has 0 atom stereocenters. The van der Waals surface area contributed by atoms with Crippen LogP contribution in [-0.2, 0) is 16.6 Å². The molecule has 0 aliphatic rings. The Labute approximate surface area is 127 Å². The highest BCUT2D eigenvalue weighted by molar-refractivity contribution is 7.89. The van der Waals surface area contributed by atoms with Crippen LogP contribution < -0.4 is 4.72 Å². The topological polar surface area (TPSA) is 83.5 Å². The highest BCUT2D eigenvalue weighted by Crippen LogP contribution is 2.21. The Morgan fingerprint density at radius 2 is 1.86 bits per heavy atom. The van der Waals surface area contributed by atoms with E-state index in [1.807, 2.05) is 19.9 Å². The van der Waals surface area contributed by atoms with Crippen molar-refractivity contribution >= 4 is 27.3 Å². The van der Waals surface area contributed by atoms with Crippen molar-refractivity contribution in [1.82, 2.24) is 4.72 Å². The number of aromatic carboxylic acids is 1. The molecule has 112 valence electrons. The van der Waals surface area contributed by atoms with E-state index >= 15 is 0 Å². The molecule has 0 aliphatic heterocycles. The molecule has 0 saturated heterocycles. The minimum atomic E-state index is -3.64. The Morgan fingerprint density at radius 1 is 1.24 bits per heavy atom. The highest BCUT2D eigenvalue weighted by Gasteiger charge is 2.15. The zero-order valence-corrected chi connectivity index (χ0v) is 13.2. The van der Waals surface area contributed by atoms with Crippen molar-refractivity contribution in [2.24, 2.45) is 0 Å². The summed E-state index contributed by atoms with van der Waals surface area (Å²) in [6.45, 7) is 4.19. The van der Waals surface area contributed by atoms with E-state index in [0.717, 1.165) is 15.3 Å². The molecule has 0 unspecified atom stereocenters. The maximum Gasteiger partial charge on any atom is 0.335 e. The molecule has 0 fully saturated rings. The van der Waals surface area contributed by atoms with E-state index in [0.29, 0.717) is 0 Å². The van der Waals surface area contributed by atoms with Gasteiger partial charge in [-0.3, -0.25) is 0 Å². The van der Waals surface area contributed by atoms with Crippen molar-refractivity contribution in [2.45, 2.75) is 25.3 Å². The van der Waals surface area contributed by atoms with Crippen LogP contribution in [0, 0.1) is 13.8 Å². The highest BCUT2D eigenvalue weighted by atomic mass is 32.2. The average molecular weight is 325 g/mol. The Hall–Kier alpha value is -1.70. The Morgan fingerprint density at radius 3 is 2.33 bits per heavy atom. The number of rotatable bonds is 5. The second-order valence-corrected chi connectivity index (χ2v) is 7.71. The fourth-order valence-electron chi connectivity index (χ4n) is 1.76. The van der Waals surface area contributed by atoms with Crippen LogP contribution >= 0.6 is 11.3 Å². The number of carboxylic acid groups (broad SMARTS) is 1. The molecule has 0 amide bonds. The van der Waals surface area contributed by atoms with Crippen LogP contribution in [0.4, 0.5) is 0 Å². The third kappa shape index (κ3) is 3.69. The fourth-order valence-corrected chi connectivity index (χ4v) is 3.85.